The quantitative estimate of drug-likeness (QED) is 0.547. The smallest absolute Gasteiger partial charge is 0.297 e. The van der Waals surface area contributed by atoms with Gasteiger partial charge in [-0.05, 0) is 39.0 Å². The van der Waals surface area contributed by atoms with Crippen LogP contribution in [0.15, 0.2) is 0 Å². The first-order valence-corrected chi connectivity index (χ1v) is 6.99. The molecule has 1 aliphatic carbocycles. The first-order chi connectivity index (χ1) is 8.08. The van der Waals surface area contributed by atoms with Crippen molar-refractivity contribution in [1.82, 2.24) is 0 Å². The molecule has 1 fully saturated rings. The summed E-state index contributed by atoms with van der Waals surface area (Å²) in [4.78, 5) is 22.6. The molecule has 0 N–H and O–H groups in total. The lowest BCUT2D eigenvalue weighted by atomic mass is 9.68. The fourth-order valence-electron chi connectivity index (χ4n) is 2.32. The summed E-state index contributed by atoms with van der Waals surface area (Å²) in [5.41, 5.74) is -0.870. The van der Waals surface area contributed by atoms with Crippen LogP contribution in [0, 0.1) is 10.8 Å². The number of hydrogen-bond donors (Lipinski definition) is 0. The van der Waals surface area contributed by atoms with Crippen LogP contribution in [-0.2, 0) is 14.6 Å². The monoisotopic (exact) mass is 256 g/mol. The predicted molar refractivity (Wildman–Crippen MR) is 71.9 cm³/mol. The SMILES string of the molecule is CC(C)(C)C(=O)OOC1(C(C)(C)C)CCCCC1. The lowest BCUT2D eigenvalue weighted by Gasteiger charge is -2.45. The molecule has 0 radical (unpaired) electrons. The van der Waals surface area contributed by atoms with Crippen LogP contribution in [0.25, 0.3) is 0 Å². The Morgan fingerprint density at radius 1 is 0.944 bits per heavy atom. The molecule has 0 aromatic carbocycles. The number of carbonyl (C=O) groups excluding carboxylic acids is 1. The minimum Gasteiger partial charge on any atom is -0.297 e. The van der Waals surface area contributed by atoms with Crippen LogP contribution < -0.4 is 0 Å². The number of hydrogen-bond acceptors (Lipinski definition) is 3. The van der Waals surface area contributed by atoms with E-state index in [1.807, 2.05) is 20.8 Å². The minimum absolute atomic E-state index is 0.0222. The van der Waals surface area contributed by atoms with Gasteiger partial charge in [-0.1, -0.05) is 40.0 Å². The van der Waals surface area contributed by atoms with Crippen molar-refractivity contribution < 1.29 is 14.6 Å². The summed E-state index contributed by atoms with van der Waals surface area (Å²) in [7, 11) is 0. The van der Waals surface area contributed by atoms with Crippen molar-refractivity contribution in [3.8, 4) is 0 Å². The molecule has 1 saturated carbocycles. The van der Waals surface area contributed by atoms with Gasteiger partial charge in [0, 0.05) is 0 Å². The summed E-state index contributed by atoms with van der Waals surface area (Å²) in [6.07, 6.45) is 5.46. The summed E-state index contributed by atoms with van der Waals surface area (Å²) in [5.74, 6) is -0.295. The molecule has 0 bridgehead atoms. The first kappa shape index (κ1) is 15.5. The van der Waals surface area contributed by atoms with Gasteiger partial charge in [0.2, 0.25) is 0 Å². The minimum atomic E-state index is -0.520. The molecule has 0 unspecified atom stereocenters. The summed E-state index contributed by atoms with van der Waals surface area (Å²) in [5, 5.41) is 0. The van der Waals surface area contributed by atoms with Crippen LogP contribution in [0.5, 0.6) is 0 Å². The van der Waals surface area contributed by atoms with Crippen molar-refractivity contribution in [2.45, 2.75) is 79.2 Å². The molecule has 0 spiro atoms. The average Bonchev–Trinajstić information content (AvgIpc) is 2.24. The highest BCUT2D eigenvalue weighted by molar-refractivity contribution is 5.74. The Morgan fingerprint density at radius 2 is 1.44 bits per heavy atom. The summed E-state index contributed by atoms with van der Waals surface area (Å²) >= 11 is 0. The molecule has 1 rings (SSSR count). The molecule has 18 heavy (non-hydrogen) atoms. The molecule has 0 amide bonds. The van der Waals surface area contributed by atoms with E-state index in [0.29, 0.717) is 0 Å². The summed E-state index contributed by atoms with van der Waals surface area (Å²) in [6, 6.07) is 0. The van der Waals surface area contributed by atoms with E-state index in [4.69, 9.17) is 9.78 Å². The van der Waals surface area contributed by atoms with E-state index in [2.05, 4.69) is 20.8 Å². The lowest BCUT2D eigenvalue weighted by Crippen LogP contribution is -2.48. The Labute approximate surface area is 111 Å². The van der Waals surface area contributed by atoms with Crippen LogP contribution in [0.2, 0.25) is 0 Å². The molecule has 3 heteroatoms. The van der Waals surface area contributed by atoms with Gasteiger partial charge >= 0.3 is 5.97 Å². The van der Waals surface area contributed by atoms with Crippen molar-refractivity contribution in [2.75, 3.05) is 0 Å². The highest BCUT2D eigenvalue weighted by Crippen LogP contribution is 2.45. The molecule has 106 valence electrons. The summed E-state index contributed by atoms with van der Waals surface area (Å²) in [6.45, 7) is 12.0. The zero-order chi connectivity index (χ0) is 14.0. The second-order valence-corrected chi connectivity index (χ2v) is 7.51. The highest BCUT2D eigenvalue weighted by Gasteiger charge is 2.46. The van der Waals surface area contributed by atoms with Crippen LogP contribution in [0.1, 0.15) is 73.6 Å². The van der Waals surface area contributed by atoms with Crippen molar-refractivity contribution in [2.24, 2.45) is 10.8 Å². The molecule has 0 heterocycles. The maximum atomic E-state index is 11.8. The normalized spacial score (nSPS) is 20.6. The molecule has 0 aromatic rings. The van der Waals surface area contributed by atoms with Crippen LogP contribution >= 0.6 is 0 Å². The zero-order valence-corrected chi connectivity index (χ0v) is 12.8. The van der Waals surface area contributed by atoms with Crippen LogP contribution in [0.4, 0.5) is 0 Å². The Balaban J connectivity index is 2.72. The second-order valence-electron chi connectivity index (χ2n) is 7.51. The third kappa shape index (κ3) is 3.47. The predicted octanol–water partition coefficient (Wildman–Crippen LogP) is 4.26. The summed E-state index contributed by atoms with van der Waals surface area (Å²) < 4.78 is 0. The van der Waals surface area contributed by atoms with E-state index in [0.717, 1.165) is 25.7 Å². The van der Waals surface area contributed by atoms with Gasteiger partial charge in [-0.25, -0.2) is 4.79 Å². The first-order valence-electron chi connectivity index (χ1n) is 6.99. The fraction of sp³-hybridized carbons (Fsp3) is 0.933. The Bertz CT molecular complexity index is 288. The zero-order valence-electron chi connectivity index (χ0n) is 12.8. The standard InChI is InChI=1S/C15H28O3/c1-13(2,3)12(16)17-18-15(14(4,5)6)10-8-7-9-11-15/h7-11H2,1-6H3. The van der Waals surface area contributed by atoms with Gasteiger partial charge in [-0.15, -0.1) is 0 Å². The topological polar surface area (TPSA) is 35.5 Å². The number of rotatable bonds is 2. The van der Waals surface area contributed by atoms with E-state index in [-0.39, 0.29) is 17.0 Å². The van der Waals surface area contributed by atoms with E-state index >= 15 is 0 Å². The molecule has 3 nitrogen and oxygen atoms in total. The number of carbonyl (C=O) groups is 1. The molecule has 0 atom stereocenters. The molecule has 0 aromatic heterocycles. The van der Waals surface area contributed by atoms with E-state index in [1.54, 1.807) is 0 Å². The maximum Gasteiger partial charge on any atom is 0.347 e. The van der Waals surface area contributed by atoms with Crippen molar-refractivity contribution in [1.29, 1.82) is 0 Å². The van der Waals surface area contributed by atoms with Gasteiger partial charge in [-0.2, -0.15) is 4.89 Å². The molecular formula is C15H28O3. The molecule has 1 aliphatic rings. The maximum absolute atomic E-state index is 11.8. The Kier molecular flexibility index (Phi) is 4.47. The fourth-order valence-corrected chi connectivity index (χ4v) is 2.32. The van der Waals surface area contributed by atoms with Crippen molar-refractivity contribution >= 4 is 5.97 Å². The van der Waals surface area contributed by atoms with Gasteiger partial charge in [0.1, 0.15) is 5.60 Å². The second kappa shape index (κ2) is 5.20. The van der Waals surface area contributed by atoms with Crippen molar-refractivity contribution in [3.63, 3.8) is 0 Å². The van der Waals surface area contributed by atoms with Gasteiger partial charge < -0.3 is 0 Å². The van der Waals surface area contributed by atoms with E-state index in [1.165, 1.54) is 6.42 Å². The largest absolute Gasteiger partial charge is 0.347 e. The van der Waals surface area contributed by atoms with E-state index in [9.17, 15) is 4.79 Å². The van der Waals surface area contributed by atoms with Crippen molar-refractivity contribution in [3.05, 3.63) is 0 Å². The highest BCUT2D eigenvalue weighted by atomic mass is 17.2. The lowest BCUT2D eigenvalue weighted by molar-refractivity contribution is -0.365. The van der Waals surface area contributed by atoms with Gasteiger partial charge in [0.05, 0.1) is 5.41 Å². The molecule has 0 saturated heterocycles. The van der Waals surface area contributed by atoms with Gasteiger partial charge in [-0.3, -0.25) is 4.89 Å². The molecule has 0 aliphatic heterocycles. The van der Waals surface area contributed by atoms with Crippen LogP contribution in [0.3, 0.4) is 0 Å². The third-order valence-electron chi connectivity index (χ3n) is 3.92. The van der Waals surface area contributed by atoms with Gasteiger partial charge in [0.25, 0.3) is 0 Å². The Hall–Kier alpha value is -0.570. The van der Waals surface area contributed by atoms with E-state index < -0.39 is 5.41 Å². The Morgan fingerprint density at radius 3 is 1.83 bits per heavy atom. The molecular weight excluding hydrogens is 228 g/mol. The third-order valence-corrected chi connectivity index (χ3v) is 3.92. The van der Waals surface area contributed by atoms with Gasteiger partial charge in [0.15, 0.2) is 0 Å². The average molecular weight is 256 g/mol. The van der Waals surface area contributed by atoms with Crippen LogP contribution in [-0.4, -0.2) is 11.6 Å².